The third kappa shape index (κ3) is 4.63. The molecule has 0 radical (unpaired) electrons. The molecule has 0 saturated carbocycles. The molecule has 0 spiro atoms. The van der Waals surface area contributed by atoms with Crippen molar-refractivity contribution in [1.82, 2.24) is 4.98 Å². The molecule has 4 nitrogen and oxygen atoms in total. The summed E-state index contributed by atoms with van der Waals surface area (Å²) in [5, 5.41) is 15.0. The molecule has 0 aromatic carbocycles. The lowest BCUT2D eigenvalue weighted by atomic mass is 9.86. The zero-order valence-electron chi connectivity index (χ0n) is 12.3. The summed E-state index contributed by atoms with van der Waals surface area (Å²) < 4.78 is 11.1. The Hall–Kier alpha value is -1.22. The number of nitrogens with zero attached hydrogens (tertiary/aromatic N) is 2. The van der Waals surface area contributed by atoms with E-state index in [1.165, 1.54) is 0 Å². The maximum absolute atomic E-state index is 11.7. The molecule has 1 rings (SSSR count). The Morgan fingerprint density at radius 2 is 2.33 bits per heavy atom. The van der Waals surface area contributed by atoms with Crippen LogP contribution in [0.2, 0.25) is 5.02 Å². The van der Waals surface area contributed by atoms with E-state index in [9.17, 15) is 4.21 Å². The smallest absolute Gasteiger partial charge is 0.159 e. The van der Waals surface area contributed by atoms with Crippen molar-refractivity contribution >= 4 is 22.6 Å². The number of allylic oxidation sites excluding steroid dienone is 1. The summed E-state index contributed by atoms with van der Waals surface area (Å²) in [4.78, 5) is 3.95. The van der Waals surface area contributed by atoms with Gasteiger partial charge in [0.15, 0.2) is 5.69 Å². The van der Waals surface area contributed by atoms with Gasteiger partial charge in [-0.3, -0.25) is 5.14 Å². The van der Waals surface area contributed by atoms with Crippen LogP contribution >= 0.6 is 11.6 Å². The standard InChI is InChI=1S/C15H20ClN3OS/c1-4-5-6-11(9-15(2,3)21(18)20)12-7-8-19-13(10-17)14(12)16/h4,7-8,11H,1,5-6,9,18H2,2-3H3/t11-,21?/m1/s1. The van der Waals surface area contributed by atoms with Crippen LogP contribution in [0, 0.1) is 11.3 Å². The van der Waals surface area contributed by atoms with Crippen LogP contribution in [0.25, 0.3) is 0 Å². The summed E-state index contributed by atoms with van der Waals surface area (Å²) in [6, 6.07) is 3.80. The van der Waals surface area contributed by atoms with E-state index in [0.29, 0.717) is 11.4 Å². The van der Waals surface area contributed by atoms with Gasteiger partial charge < -0.3 is 0 Å². The van der Waals surface area contributed by atoms with Gasteiger partial charge >= 0.3 is 0 Å². The zero-order chi connectivity index (χ0) is 16.0. The highest BCUT2D eigenvalue weighted by atomic mass is 35.5. The zero-order valence-corrected chi connectivity index (χ0v) is 13.9. The highest BCUT2D eigenvalue weighted by molar-refractivity contribution is 7.84. The first-order valence-corrected chi connectivity index (χ1v) is 8.24. The minimum absolute atomic E-state index is 0.0492. The van der Waals surface area contributed by atoms with E-state index in [4.69, 9.17) is 22.0 Å². The summed E-state index contributed by atoms with van der Waals surface area (Å²) in [6.45, 7) is 7.46. The molecule has 0 aliphatic rings. The minimum Gasteiger partial charge on any atom is -0.251 e. The Morgan fingerprint density at radius 1 is 1.67 bits per heavy atom. The maximum Gasteiger partial charge on any atom is 0.159 e. The van der Waals surface area contributed by atoms with E-state index >= 15 is 0 Å². The number of hydrogen-bond acceptors (Lipinski definition) is 3. The monoisotopic (exact) mass is 325 g/mol. The van der Waals surface area contributed by atoms with E-state index in [1.807, 2.05) is 32.1 Å². The van der Waals surface area contributed by atoms with Crippen molar-refractivity contribution in [1.29, 1.82) is 5.26 Å². The van der Waals surface area contributed by atoms with Crippen molar-refractivity contribution in [3.63, 3.8) is 0 Å². The van der Waals surface area contributed by atoms with Gasteiger partial charge in [0.25, 0.3) is 0 Å². The molecule has 0 fully saturated rings. The number of hydrogen-bond donors (Lipinski definition) is 1. The number of nitriles is 1. The van der Waals surface area contributed by atoms with Crippen LogP contribution in [-0.4, -0.2) is 13.9 Å². The van der Waals surface area contributed by atoms with E-state index in [1.54, 1.807) is 6.20 Å². The van der Waals surface area contributed by atoms with Crippen molar-refractivity contribution < 1.29 is 4.21 Å². The van der Waals surface area contributed by atoms with Crippen molar-refractivity contribution in [3.8, 4) is 6.07 Å². The first kappa shape index (κ1) is 17.8. The first-order valence-electron chi connectivity index (χ1n) is 6.65. The maximum atomic E-state index is 11.7. The van der Waals surface area contributed by atoms with Crippen LogP contribution in [0.5, 0.6) is 0 Å². The molecular weight excluding hydrogens is 306 g/mol. The van der Waals surface area contributed by atoms with Gasteiger partial charge in [-0.1, -0.05) is 17.7 Å². The summed E-state index contributed by atoms with van der Waals surface area (Å²) in [5.74, 6) is 0.0492. The van der Waals surface area contributed by atoms with Gasteiger partial charge in [-0.25, -0.2) is 9.19 Å². The van der Waals surface area contributed by atoms with Gasteiger partial charge in [-0.2, -0.15) is 5.26 Å². The Balaban J connectivity index is 3.17. The third-order valence-corrected chi connectivity index (χ3v) is 5.12. The molecule has 0 saturated heterocycles. The quantitative estimate of drug-likeness (QED) is 0.780. The van der Waals surface area contributed by atoms with Gasteiger partial charge in [0.1, 0.15) is 6.07 Å². The fourth-order valence-corrected chi connectivity index (χ4v) is 2.89. The molecule has 1 heterocycles. The molecule has 21 heavy (non-hydrogen) atoms. The predicted octanol–water partition coefficient (Wildman–Crippen LogP) is 3.45. The van der Waals surface area contributed by atoms with Gasteiger partial charge in [0.05, 0.1) is 20.8 Å². The van der Waals surface area contributed by atoms with Crippen LogP contribution in [0.3, 0.4) is 0 Å². The van der Waals surface area contributed by atoms with Crippen molar-refractivity contribution in [2.45, 2.75) is 43.8 Å². The molecule has 0 aliphatic carbocycles. The topological polar surface area (TPSA) is 79.8 Å². The minimum atomic E-state index is -1.44. The number of nitrogens with two attached hydrogens (primary N) is 1. The van der Waals surface area contributed by atoms with Crippen LogP contribution < -0.4 is 5.14 Å². The van der Waals surface area contributed by atoms with Gasteiger partial charge in [0, 0.05) is 6.20 Å². The van der Waals surface area contributed by atoms with Gasteiger partial charge in [-0.15, -0.1) is 6.58 Å². The van der Waals surface area contributed by atoms with E-state index < -0.39 is 15.7 Å². The van der Waals surface area contributed by atoms with E-state index in [0.717, 1.165) is 18.4 Å². The normalized spacial score (nSPS) is 14.2. The molecular formula is C15H20ClN3OS. The number of pyridine rings is 1. The van der Waals surface area contributed by atoms with Crippen LogP contribution in [0.4, 0.5) is 0 Å². The molecule has 0 aliphatic heterocycles. The lowest BCUT2D eigenvalue weighted by Gasteiger charge is -2.28. The van der Waals surface area contributed by atoms with Crippen LogP contribution in [0.1, 0.15) is 50.3 Å². The number of halogens is 1. The molecule has 1 aromatic rings. The summed E-state index contributed by atoms with van der Waals surface area (Å²) in [5.41, 5.74) is 1.06. The molecule has 0 bridgehead atoms. The Morgan fingerprint density at radius 3 is 2.86 bits per heavy atom. The predicted molar refractivity (Wildman–Crippen MR) is 87.2 cm³/mol. The second kappa shape index (κ2) is 7.69. The van der Waals surface area contributed by atoms with Crippen molar-refractivity contribution in [2.75, 3.05) is 0 Å². The Kier molecular flexibility index (Phi) is 6.53. The fourth-order valence-electron chi connectivity index (χ4n) is 2.21. The molecule has 6 heteroatoms. The fraction of sp³-hybridized carbons (Fsp3) is 0.467. The molecule has 2 N–H and O–H groups in total. The Bertz CT molecular complexity index is 581. The SMILES string of the molecule is C=CCC[C@H](CC(C)(C)S(N)=O)c1ccnc(C#N)c1Cl. The second-order valence-electron chi connectivity index (χ2n) is 5.50. The molecule has 114 valence electrons. The molecule has 0 amide bonds. The molecule has 1 aromatic heterocycles. The average molecular weight is 326 g/mol. The molecule has 2 atom stereocenters. The largest absolute Gasteiger partial charge is 0.251 e. The van der Waals surface area contributed by atoms with Gasteiger partial charge in [-0.05, 0) is 50.7 Å². The highest BCUT2D eigenvalue weighted by Gasteiger charge is 2.29. The van der Waals surface area contributed by atoms with Crippen molar-refractivity contribution in [2.24, 2.45) is 5.14 Å². The highest BCUT2D eigenvalue weighted by Crippen LogP contribution is 2.36. The van der Waals surface area contributed by atoms with Gasteiger partial charge in [0.2, 0.25) is 0 Å². The molecule has 1 unspecified atom stereocenters. The average Bonchev–Trinajstić information content (AvgIpc) is 2.43. The van der Waals surface area contributed by atoms with Crippen molar-refractivity contribution in [3.05, 3.63) is 41.2 Å². The summed E-state index contributed by atoms with van der Waals surface area (Å²) in [7, 11) is -1.44. The van der Waals surface area contributed by atoms with Crippen LogP contribution in [-0.2, 0) is 11.0 Å². The lowest BCUT2D eigenvalue weighted by molar-refractivity contribution is 0.496. The summed E-state index contributed by atoms with van der Waals surface area (Å²) >= 11 is 6.27. The number of rotatable bonds is 7. The van der Waals surface area contributed by atoms with Crippen LogP contribution in [0.15, 0.2) is 24.9 Å². The lowest BCUT2D eigenvalue weighted by Crippen LogP contribution is -2.33. The Labute approximate surface area is 133 Å². The summed E-state index contributed by atoms with van der Waals surface area (Å²) in [6.07, 6.45) is 5.63. The second-order valence-corrected chi connectivity index (χ2v) is 7.58. The third-order valence-electron chi connectivity index (χ3n) is 3.47. The van der Waals surface area contributed by atoms with E-state index in [2.05, 4.69) is 11.6 Å². The van der Waals surface area contributed by atoms with E-state index in [-0.39, 0.29) is 11.6 Å². The first-order chi connectivity index (χ1) is 9.83. The number of aromatic nitrogens is 1.